The van der Waals surface area contributed by atoms with Gasteiger partial charge in [0.15, 0.2) is 0 Å². The predicted molar refractivity (Wildman–Crippen MR) is 107 cm³/mol. The van der Waals surface area contributed by atoms with Crippen molar-refractivity contribution < 1.29 is 0 Å². The van der Waals surface area contributed by atoms with Crippen LogP contribution in [-0.2, 0) is 6.42 Å². The molecule has 26 heavy (non-hydrogen) atoms. The Morgan fingerprint density at radius 2 is 1.73 bits per heavy atom. The molecule has 0 aliphatic heterocycles. The van der Waals surface area contributed by atoms with Gasteiger partial charge in [0.25, 0.3) is 5.56 Å². The number of hydrogen-bond donors (Lipinski definition) is 1. The first-order valence-electron chi connectivity index (χ1n) is 8.31. The molecule has 0 bridgehead atoms. The summed E-state index contributed by atoms with van der Waals surface area (Å²) in [6, 6.07) is 21.9. The van der Waals surface area contributed by atoms with Crippen LogP contribution in [0.4, 0.5) is 0 Å². The highest BCUT2D eigenvalue weighted by Crippen LogP contribution is 2.25. The second-order valence-electron chi connectivity index (χ2n) is 6.00. The highest BCUT2D eigenvalue weighted by molar-refractivity contribution is 7.98. The van der Waals surface area contributed by atoms with E-state index >= 15 is 0 Å². The van der Waals surface area contributed by atoms with Crippen molar-refractivity contribution in [2.24, 2.45) is 0 Å². The maximum absolute atomic E-state index is 12.3. The molecule has 2 aromatic heterocycles. The summed E-state index contributed by atoms with van der Waals surface area (Å²) in [5, 5.41) is 8.84. The first-order chi connectivity index (χ1) is 12.7. The molecule has 0 saturated heterocycles. The second-order valence-corrected chi connectivity index (χ2v) is 6.79. The van der Waals surface area contributed by atoms with Crippen LogP contribution in [-0.4, -0.2) is 21.4 Å². The Hall–Kier alpha value is -2.92. The molecule has 1 N–H and O–H groups in total. The highest BCUT2D eigenvalue weighted by Gasteiger charge is 2.11. The van der Waals surface area contributed by atoms with Gasteiger partial charge in [0.1, 0.15) is 0 Å². The first-order valence-corrected chi connectivity index (χ1v) is 9.54. The van der Waals surface area contributed by atoms with E-state index in [1.807, 2.05) is 66.9 Å². The SMILES string of the molecule is CSc1nc2ccccc2cc1Cc1cc(-c2ccccc2)n[nH]c1=O. The van der Waals surface area contributed by atoms with Gasteiger partial charge in [-0.05, 0) is 30.0 Å². The lowest BCUT2D eigenvalue weighted by atomic mass is 10.0. The molecule has 2 aromatic carbocycles. The molecule has 0 unspecified atom stereocenters. The zero-order chi connectivity index (χ0) is 17.9. The fourth-order valence-electron chi connectivity index (χ4n) is 2.98. The molecule has 0 fully saturated rings. The Morgan fingerprint density at radius 3 is 2.54 bits per heavy atom. The summed E-state index contributed by atoms with van der Waals surface area (Å²) in [6.07, 6.45) is 2.53. The predicted octanol–water partition coefficient (Wildman–Crippen LogP) is 4.30. The third-order valence-corrected chi connectivity index (χ3v) is 5.03. The van der Waals surface area contributed by atoms with Gasteiger partial charge in [-0.1, -0.05) is 48.5 Å². The quantitative estimate of drug-likeness (QED) is 0.552. The number of nitrogens with one attached hydrogen (secondary N) is 1. The lowest BCUT2D eigenvalue weighted by molar-refractivity contribution is 0.942. The largest absolute Gasteiger partial charge is 0.268 e. The number of benzene rings is 2. The molecule has 0 radical (unpaired) electrons. The highest BCUT2D eigenvalue weighted by atomic mass is 32.2. The molecular formula is C21H17N3OS. The van der Waals surface area contributed by atoms with E-state index in [9.17, 15) is 4.79 Å². The van der Waals surface area contributed by atoms with Gasteiger partial charge in [0, 0.05) is 22.9 Å². The molecule has 0 aliphatic rings. The summed E-state index contributed by atoms with van der Waals surface area (Å²) in [4.78, 5) is 17.1. The number of aromatic nitrogens is 3. The minimum absolute atomic E-state index is 0.162. The molecule has 0 saturated carbocycles. The third-order valence-electron chi connectivity index (χ3n) is 4.29. The van der Waals surface area contributed by atoms with Crippen molar-refractivity contribution in [3.8, 4) is 11.3 Å². The van der Waals surface area contributed by atoms with Gasteiger partial charge in [-0.15, -0.1) is 11.8 Å². The number of rotatable bonds is 4. The fourth-order valence-corrected chi connectivity index (χ4v) is 3.57. The first kappa shape index (κ1) is 16.5. The van der Waals surface area contributed by atoms with Crippen molar-refractivity contribution >= 4 is 22.7 Å². The minimum Gasteiger partial charge on any atom is -0.268 e. The summed E-state index contributed by atoms with van der Waals surface area (Å²) in [5.74, 6) is 0. The van der Waals surface area contributed by atoms with Gasteiger partial charge in [-0.25, -0.2) is 10.1 Å². The standard InChI is InChI=1S/C21H17N3OS/c1-26-21-17(11-15-9-5-6-10-18(15)22-21)12-16-13-19(23-24-20(16)25)14-7-3-2-4-8-14/h2-11,13H,12H2,1H3,(H,24,25). The Morgan fingerprint density at radius 1 is 0.962 bits per heavy atom. The molecule has 2 heterocycles. The Kier molecular flexibility index (Phi) is 4.54. The van der Waals surface area contributed by atoms with Gasteiger partial charge in [0.05, 0.1) is 16.2 Å². The van der Waals surface area contributed by atoms with Crippen molar-refractivity contribution in [3.63, 3.8) is 0 Å². The third kappa shape index (κ3) is 3.26. The molecule has 128 valence electrons. The topological polar surface area (TPSA) is 58.6 Å². The number of fused-ring (bicyclic) bond motifs is 1. The van der Waals surface area contributed by atoms with Gasteiger partial charge in [0.2, 0.25) is 0 Å². The van der Waals surface area contributed by atoms with E-state index in [1.54, 1.807) is 11.8 Å². The number of aromatic amines is 1. The normalized spacial score (nSPS) is 11.0. The molecule has 0 spiro atoms. The van der Waals surface area contributed by atoms with E-state index in [4.69, 9.17) is 4.98 Å². The Labute approximate surface area is 155 Å². The van der Waals surface area contributed by atoms with Crippen LogP contribution in [0.1, 0.15) is 11.1 Å². The van der Waals surface area contributed by atoms with E-state index < -0.39 is 0 Å². The molecule has 0 amide bonds. The zero-order valence-corrected chi connectivity index (χ0v) is 15.1. The molecule has 5 heteroatoms. The molecule has 4 rings (SSSR count). The minimum atomic E-state index is -0.162. The summed E-state index contributed by atoms with van der Waals surface area (Å²) >= 11 is 1.60. The Balaban J connectivity index is 1.77. The van der Waals surface area contributed by atoms with E-state index in [0.717, 1.165) is 32.7 Å². The molecular weight excluding hydrogens is 342 g/mol. The van der Waals surface area contributed by atoms with Gasteiger partial charge in [-0.2, -0.15) is 5.10 Å². The van der Waals surface area contributed by atoms with Gasteiger partial charge in [-0.3, -0.25) is 4.79 Å². The molecule has 4 aromatic rings. The number of thioether (sulfide) groups is 1. The number of hydrogen-bond acceptors (Lipinski definition) is 4. The number of nitrogens with zero attached hydrogens (tertiary/aromatic N) is 2. The number of pyridine rings is 1. The smallest absolute Gasteiger partial charge is 0.267 e. The average Bonchev–Trinajstić information content (AvgIpc) is 2.69. The van der Waals surface area contributed by atoms with Crippen molar-refractivity contribution in [2.75, 3.05) is 6.26 Å². The van der Waals surface area contributed by atoms with E-state index in [0.29, 0.717) is 12.0 Å². The zero-order valence-electron chi connectivity index (χ0n) is 14.3. The van der Waals surface area contributed by atoms with E-state index in [-0.39, 0.29) is 5.56 Å². The van der Waals surface area contributed by atoms with Crippen LogP contribution in [0.2, 0.25) is 0 Å². The molecule has 0 atom stereocenters. The summed E-state index contributed by atoms with van der Waals surface area (Å²) in [5.41, 5.74) is 4.28. The van der Waals surface area contributed by atoms with Crippen LogP contribution >= 0.6 is 11.8 Å². The summed E-state index contributed by atoms with van der Waals surface area (Å²) < 4.78 is 0. The van der Waals surface area contributed by atoms with Crippen molar-refractivity contribution in [3.05, 3.63) is 88.2 Å². The lowest BCUT2D eigenvalue weighted by Crippen LogP contribution is -2.15. The van der Waals surface area contributed by atoms with Crippen LogP contribution in [0, 0.1) is 0 Å². The van der Waals surface area contributed by atoms with Crippen LogP contribution in [0.3, 0.4) is 0 Å². The van der Waals surface area contributed by atoms with Crippen LogP contribution in [0.5, 0.6) is 0 Å². The Bertz CT molecular complexity index is 1120. The average molecular weight is 359 g/mol. The van der Waals surface area contributed by atoms with Gasteiger partial charge >= 0.3 is 0 Å². The monoisotopic (exact) mass is 359 g/mol. The van der Waals surface area contributed by atoms with E-state index in [1.165, 1.54) is 0 Å². The van der Waals surface area contributed by atoms with E-state index in [2.05, 4.69) is 16.3 Å². The fraction of sp³-hybridized carbons (Fsp3) is 0.0952. The number of H-pyrrole nitrogens is 1. The maximum atomic E-state index is 12.3. The van der Waals surface area contributed by atoms with Crippen LogP contribution in [0.15, 0.2) is 76.6 Å². The van der Waals surface area contributed by atoms with Crippen molar-refractivity contribution in [2.45, 2.75) is 11.4 Å². The van der Waals surface area contributed by atoms with Crippen LogP contribution < -0.4 is 5.56 Å². The summed E-state index contributed by atoms with van der Waals surface area (Å²) in [6.45, 7) is 0. The second kappa shape index (κ2) is 7.14. The maximum Gasteiger partial charge on any atom is 0.267 e. The number of para-hydroxylation sites is 1. The van der Waals surface area contributed by atoms with Crippen molar-refractivity contribution in [1.29, 1.82) is 0 Å². The van der Waals surface area contributed by atoms with Crippen molar-refractivity contribution in [1.82, 2.24) is 15.2 Å². The van der Waals surface area contributed by atoms with Crippen LogP contribution in [0.25, 0.3) is 22.2 Å². The molecule has 4 nitrogen and oxygen atoms in total. The lowest BCUT2D eigenvalue weighted by Gasteiger charge is -2.09. The summed E-state index contributed by atoms with van der Waals surface area (Å²) in [7, 11) is 0. The molecule has 0 aliphatic carbocycles. The van der Waals surface area contributed by atoms with Gasteiger partial charge < -0.3 is 0 Å².